The summed E-state index contributed by atoms with van der Waals surface area (Å²) in [6.45, 7) is -0.446. The molecule has 0 bridgehead atoms. The van der Waals surface area contributed by atoms with Crippen LogP contribution in [0, 0.1) is 10.1 Å². The van der Waals surface area contributed by atoms with Crippen molar-refractivity contribution in [2.75, 3.05) is 25.6 Å². The Balaban J connectivity index is 2.12. The fourth-order valence-corrected chi connectivity index (χ4v) is 2.53. The van der Waals surface area contributed by atoms with Crippen LogP contribution < -0.4 is 4.90 Å². The van der Waals surface area contributed by atoms with Gasteiger partial charge in [-0.3, -0.25) is 14.9 Å². The van der Waals surface area contributed by atoms with Crippen LogP contribution in [0.2, 0.25) is 0 Å². The Labute approximate surface area is 152 Å². The average Bonchev–Trinajstić information content (AvgIpc) is 2.58. The van der Waals surface area contributed by atoms with E-state index in [9.17, 15) is 19.7 Å². The number of hydrogen-bond acceptors (Lipinski definition) is 6. The van der Waals surface area contributed by atoms with E-state index in [4.69, 9.17) is 4.74 Å². The maximum atomic E-state index is 12.1. The summed E-state index contributed by atoms with van der Waals surface area (Å²) in [7, 11) is 3.33. The van der Waals surface area contributed by atoms with E-state index in [1.807, 2.05) is 0 Å². The Morgan fingerprint density at radius 2 is 1.88 bits per heavy atom. The van der Waals surface area contributed by atoms with Crippen LogP contribution in [-0.4, -0.2) is 37.4 Å². The molecule has 2 aromatic carbocycles. The number of nitrogens with zero attached hydrogens (tertiary/aromatic N) is 2. The lowest BCUT2D eigenvalue weighted by atomic mass is 10.1. The molecule has 0 N–H and O–H groups in total. The number of halogens is 1. The highest BCUT2D eigenvalue weighted by Gasteiger charge is 2.20. The Kier molecular flexibility index (Phi) is 5.87. The van der Waals surface area contributed by atoms with E-state index in [0.29, 0.717) is 11.3 Å². The standard InChI is InChI=1S/C17H15BrN2O5/c1-19(2)14-7-6-12(9-15(14)20(23)24)17(22)25-10-16(21)11-4-3-5-13(18)8-11/h3-9H,10H2,1-2H3. The minimum Gasteiger partial charge on any atom is -0.454 e. The maximum Gasteiger partial charge on any atom is 0.338 e. The molecular weight excluding hydrogens is 392 g/mol. The van der Waals surface area contributed by atoms with Crippen LogP contribution in [0.1, 0.15) is 20.7 Å². The molecule has 0 unspecified atom stereocenters. The van der Waals surface area contributed by atoms with Gasteiger partial charge in [-0.2, -0.15) is 0 Å². The van der Waals surface area contributed by atoms with Gasteiger partial charge in [0.15, 0.2) is 12.4 Å². The van der Waals surface area contributed by atoms with E-state index in [1.54, 1.807) is 43.3 Å². The summed E-state index contributed by atoms with van der Waals surface area (Å²) in [5, 5.41) is 11.2. The van der Waals surface area contributed by atoms with Crippen molar-refractivity contribution >= 4 is 39.1 Å². The molecule has 2 aromatic rings. The van der Waals surface area contributed by atoms with E-state index in [1.165, 1.54) is 12.1 Å². The number of nitro benzene ring substituents is 1. The average molecular weight is 407 g/mol. The number of carbonyl (C=O) groups is 2. The van der Waals surface area contributed by atoms with Gasteiger partial charge in [0.05, 0.1) is 10.5 Å². The van der Waals surface area contributed by atoms with Gasteiger partial charge >= 0.3 is 5.97 Å². The molecule has 2 rings (SSSR count). The van der Waals surface area contributed by atoms with Crippen LogP contribution in [0.5, 0.6) is 0 Å². The zero-order valence-electron chi connectivity index (χ0n) is 13.6. The molecule has 0 radical (unpaired) electrons. The molecule has 0 aliphatic rings. The van der Waals surface area contributed by atoms with Gasteiger partial charge in [-0.25, -0.2) is 4.79 Å². The van der Waals surface area contributed by atoms with Crippen molar-refractivity contribution in [1.82, 2.24) is 0 Å². The third kappa shape index (κ3) is 4.63. The van der Waals surface area contributed by atoms with E-state index >= 15 is 0 Å². The van der Waals surface area contributed by atoms with Gasteiger partial charge in [0.1, 0.15) is 5.69 Å². The SMILES string of the molecule is CN(C)c1ccc(C(=O)OCC(=O)c2cccc(Br)c2)cc1[N+](=O)[O-]. The van der Waals surface area contributed by atoms with Gasteiger partial charge in [0.2, 0.25) is 0 Å². The second kappa shape index (κ2) is 7.89. The third-order valence-corrected chi connectivity index (χ3v) is 3.86. The number of rotatable bonds is 6. The fourth-order valence-electron chi connectivity index (χ4n) is 2.13. The number of nitro groups is 1. The number of carbonyl (C=O) groups excluding carboxylic acids is 2. The zero-order valence-corrected chi connectivity index (χ0v) is 15.1. The third-order valence-electron chi connectivity index (χ3n) is 3.37. The molecular formula is C17H15BrN2O5. The number of Topliss-reactive ketones (excluding diaryl/α,β-unsaturated/α-hetero) is 1. The minimum absolute atomic E-state index is 0.0133. The van der Waals surface area contributed by atoms with E-state index in [2.05, 4.69) is 15.9 Å². The molecule has 0 spiro atoms. The van der Waals surface area contributed by atoms with Crippen molar-refractivity contribution < 1.29 is 19.2 Å². The van der Waals surface area contributed by atoms with Crippen molar-refractivity contribution in [1.29, 1.82) is 0 Å². The van der Waals surface area contributed by atoms with Gasteiger partial charge in [-0.15, -0.1) is 0 Å². The lowest BCUT2D eigenvalue weighted by Crippen LogP contribution is -2.15. The first-order valence-corrected chi connectivity index (χ1v) is 8.00. The topological polar surface area (TPSA) is 89.8 Å². The molecule has 0 aliphatic carbocycles. The van der Waals surface area contributed by atoms with Crippen molar-refractivity contribution in [3.05, 3.63) is 68.2 Å². The normalized spacial score (nSPS) is 10.2. The second-order valence-corrected chi connectivity index (χ2v) is 6.28. The van der Waals surface area contributed by atoms with Crippen molar-refractivity contribution in [2.24, 2.45) is 0 Å². The Morgan fingerprint density at radius 3 is 2.48 bits per heavy atom. The lowest BCUT2D eigenvalue weighted by Gasteiger charge is -2.13. The second-order valence-electron chi connectivity index (χ2n) is 5.36. The summed E-state index contributed by atoms with van der Waals surface area (Å²) in [5.41, 5.74) is 0.569. The van der Waals surface area contributed by atoms with Crippen molar-refractivity contribution in [2.45, 2.75) is 0 Å². The molecule has 7 nitrogen and oxygen atoms in total. The smallest absolute Gasteiger partial charge is 0.338 e. The highest BCUT2D eigenvalue weighted by atomic mass is 79.9. The Hall–Kier alpha value is -2.74. The molecule has 130 valence electrons. The predicted octanol–water partition coefficient (Wildman–Crippen LogP) is 3.46. The highest BCUT2D eigenvalue weighted by molar-refractivity contribution is 9.10. The molecule has 0 aliphatic heterocycles. The van der Waals surface area contributed by atoms with Gasteiger partial charge in [-0.05, 0) is 24.3 Å². The van der Waals surface area contributed by atoms with Crippen LogP contribution in [0.3, 0.4) is 0 Å². The Morgan fingerprint density at radius 1 is 1.16 bits per heavy atom. The van der Waals surface area contributed by atoms with Crippen LogP contribution in [0.4, 0.5) is 11.4 Å². The number of anilines is 1. The van der Waals surface area contributed by atoms with Crippen molar-refractivity contribution in [3.8, 4) is 0 Å². The van der Waals surface area contributed by atoms with Crippen LogP contribution in [0.25, 0.3) is 0 Å². The summed E-state index contributed by atoms with van der Waals surface area (Å²) >= 11 is 3.26. The minimum atomic E-state index is -0.795. The quantitative estimate of drug-likeness (QED) is 0.315. The maximum absolute atomic E-state index is 12.1. The lowest BCUT2D eigenvalue weighted by molar-refractivity contribution is -0.384. The molecule has 0 amide bonds. The molecule has 0 aromatic heterocycles. The Bertz CT molecular complexity index is 836. The zero-order chi connectivity index (χ0) is 18.6. The van der Waals surface area contributed by atoms with Gasteiger partial charge < -0.3 is 9.64 Å². The summed E-state index contributed by atoms with van der Waals surface area (Å²) in [6.07, 6.45) is 0. The monoisotopic (exact) mass is 406 g/mol. The van der Waals surface area contributed by atoms with E-state index in [-0.39, 0.29) is 17.0 Å². The number of hydrogen-bond donors (Lipinski definition) is 0. The molecule has 0 atom stereocenters. The summed E-state index contributed by atoms with van der Waals surface area (Å²) < 4.78 is 5.71. The number of ketones is 1. The summed E-state index contributed by atoms with van der Waals surface area (Å²) in [5.74, 6) is -1.16. The molecule has 0 saturated heterocycles. The van der Waals surface area contributed by atoms with Gasteiger partial charge in [0.25, 0.3) is 5.69 Å². The summed E-state index contributed by atoms with van der Waals surface area (Å²) in [6, 6.07) is 10.7. The molecule has 0 heterocycles. The molecule has 0 saturated carbocycles. The van der Waals surface area contributed by atoms with Crippen LogP contribution in [-0.2, 0) is 4.74 Å². The molecule has 25 heavy (non-hydrogen) atoms. The fraction of sp³-hybridized carbons (Fsp3) is 0.176. The van der Waals surface area contributed by atoms with E-state index < -0.39 is 17.5 Å². The highest BCUT2D eigenvalue weighted by Crippen LogP contribution is 2.28. The number of esters is 1. The first-order chi connectivity index (χ1) is 11.8. The largest absolute Gasteiger partial charge is 0.454 e. The first kappa shape index (κ1) is 18.6. The molecule has 0 fully saturated rings. The number of benzene rings is 2. The predicted molar refractivity (Wildman–Crippen MR) is 96.2 cm³/mol. The first-order valence-electron chi connectivity index (χ1n) is 7.21. The van der Waals surface area contributed by atoms with Crippen LogP contribution in [0.15, 0.2) is 46.9 Å². The van der Waals surface area contributed by atoms with Crippen LogP contribution >= 0.6 is 15.9 Å². The van der Waals surface area contributed by atoms with Gasteiger partial charge in [0, 0.05) is 30.2 Å². The van der Waals surface area contributed by atoms with E-state index in [0.717, 1.165) is 10.5 Å². The molecule has 8 heteroatoms. The van der Waals surface area contributed by atoms with Gasteiger partial charge in [-0.1, -0.05) is 28.1 Å². The van der Waals surface area contributed by atoms with Crippen molar-refractivity contribution in [3.63, 3.8) is 0 Å². The summed E-state index contributed by atoms with van der Waals surface area (Å²) in [4.78, 5) is 36.3. The number of ether oxygens (including phenoxy) is 1.